The van der Waals surface area contributed by atoms with E-state index >= 15 is 0 Å². The summed E-state index contributed by atoms with van der Waals surface area (Å²) in [7, 11) is 0. The number of rotatable bonds is 5. The van der Waals surface area contributed by atoms with E-state index < -0.39 is 0 Å². The van der Waals surface area contributed by atoms with E-state index in [1.807, 2.05) is 0 Å². The van der Waals surface area contributed by atoms with Crippen LogP contribution in [0.4, 0.5) is 5.69 Å². The summed E-state index contributed by atoms with van der Waals surface area (Å²) >= 11 is 0. The van der Waals surface area contributed by atoms with Gasteiger partial charge in [-0.2, -0.15) is 0 Å². The molecule has 1 aliphatic heterocycles. The van der Waals surface area contributed by atoms with Crippen molar-refractivity contribution in [3.8, 4) is 0 Å². The lowest BCUT2D eigenvalue weighted by Gasteiger charge is -2.36. The van der Waals surface area contributed by atoms with Crippen LogP contribution in [0.5, 0.6) is 0 Å². The van der Waals surface area contributed by atoms with Gasteiger partial charge >= 0.3 is 0 Å². The normalized spacial score (nSPS) is 16.0. The molecule has 0 aliphatic carbocycles. The summed E-state index contributed by atoms with van der Waals surface area (Å²) < 4.78 is 0. The Morgan fingerprint density at radius 2 is 1.45 bits per heavy atom. The lowest BCUT2D eigenvalue weighted by molar-refractivity contribution is 0.250. The quantitative estimate of drug-likeness (QED) is 0.823. The number of hydrogen-bond acceptors (Lipinski definition) is 2. The Labute approximate surface area is 134 Å². The van der Waals surface area contributed by atoms with Crippen LogP contribution >= 0.6 is 0 Å². The van der Waals surface area contributed by atoms with Gasteiger partial charge in [0.25, 0.3) is 0 Å². The lowest BCUT2D eigenvalue weighted by atomic mass is 10.1. The topological polar surface area (TPSA) is 6.48 Å². The minimum absolute atomic E-state index is 1.07. The molecule has 1 saturated heterocycles. The van der Waals surface area contributed by atoms with Crippen LogP contribution in [0.3, 0.4) is 0 Å². The van der Waals surface area contributed by atoms with Gasteiger partial charge in [-0.25, -0.2) is 0 Å². The summed E-state index contributed by atoms with van der Waals surface area (Å²) in [5, 5.41) is 0. The third-order valence-corrected chi connectivity index (χ3v) is 4.46. The fourth-order valence-corrected chi connectivity index (χ4v) is 3.17. The number of nitrogens with zero attached hydrogens (tertiary/aromatic N) is 2. The SMILES string of the molecule is CCCc1ccc(N2CCN(Cc3ccccc3)CC2)cc1. The molecule has 0 unspecified atom stereocenters. The first kappa shape index (κ1) is 15.1. The summed E-state index contributed by atoms with van der Waals surface area (Å²) in [5.41, 5.74) is 4.24. The molecule has 1 aliphatic rings. The Balaban J connectivity index is 1.53. The first-order valence-corrected chi connectivity index (χ1v) is 8.45. The van der Waals surface area contributed by atoms with Gasteiger partial charge in [0.15, 0.2) is 0 Å². The summed E-state index contributed by atoms with van der Waals surface area (Å²) in [6.45, 7) is 7.85. The molecule has 0 spiro atoms. The van der Waals surface area contributed by atoms with E-state index in [9.17, 15) is 0 Å². The zero-order valence-corrected chi connectivity index (χ0v) is 13.5. The molecule has 2 aromatic rings. The monoisotopic (exact) mass is 294 g/mol. The van der Waals surface area contributed by atoms with Crippen molar-refractivity contribution in [3.05, 3.63) is 65.7 Å². The average molecular weight is 294 g/mol. The van der Waals surface area contributed by atoms with E-state index in [0.29, 0.717) is 0 Å². The Morgan fingerprint density at radius 1 is 0.773 bits per heavy atom. The molecular weight excluding hydrogens is 268 g/mol. The summed E-state index contributed by atoms with van der Waals surface area (Å²) in [6.07, 6.45) is 2.41. The van der Waals surface area contributed by atoms with E-state index in [1.54, 1.807) is 0 Å². The molecule has 1 heterocycles. The van der Waals surface area contributed by atoms with Crippen LogP contribution in [0.15, 0.2) is 54.6 Å². The Hall–Kier alpha value is -1.80. The molecule has 2 heteroatoms. The van der Waals surface area contributed by atoms with Gasteiger partial charge in [0.1, 0.15) is 0 Å². The maximum absolute atomic E-state index is 2.55. The number of hydrogen-bond donors (Lipinski definition) is 0. The van der Waals surface area contributed by atoms with Gasteiger partial charge in [0.05, 0.1) is 0 Å². The van der Waals surface area contributed by atoms with Crippen molar-refractivity contribution < 1.29 is 0 Å². The van der Waals surface area contributed by atoms with Crippen LogP contribution in [0.1, 0.15) is 24.5 Å². The van der Waals surface area contributed by atoms with Crippen molar-refractivity contribution in [2.75, 3.05) is 31.1 Å². The highest BCUT2D eigenvalue weighted by Crippen LogP contribution is 2.18. The van der Waals surface area contributed by atoms with E-state index in [2.05, 4.69) is 71.3 Å². The van der Waals surface area contributed by atoms with Crippen LogP contribution < -0.4 is 4.90 Å². The van der Waals surface area contributed by atoms with Crippen molar-refractivity contribution in [1.29, 1.82) is 0 Å². The highest BCUT2D eigenvalue weighted by Gasteiger charge is 2.17. The molecule has 3 rings (SSSR count). The fraction of sp³-hybridized carbons (Fsp3) is 0.400. The predicted octanol–water partition coefficient (Wildman–Crippen LogP) is 3.96. The van der Waals surface area contributed by atoms with Crippen molar-refractivity contribution >= 4 is 5.69 Å². The van der Waals surface area contributed by atoms with Gasteiger partial charge < -0.3 is 4.90 Å². The molecule has 116 valence electrons. The summed E-state index contributed by atoms with van der Waals surface area (Å²) in [5.74, 6) is 0. The number of anilines is 1. The van der Waals surface area contributed by atoms with Crippen molar-refractivity contribution in [1.82, 2.24) is 4.90 Å². The van der Waals surface area contributed by atoms with Crippen LogP contribution in [-0.2, 0) is 13.0 Å². The molecule has 0 radical (unpaired) electrons. The second-order valence-electron chi connectivity index (χ2n) is 6.17. The van der Waals surface area contributed by atoms with Crippen LogP contribution in [-0.4, -0.2) is 31.1 Å². The molecular formula is C20H26N2. The van der Waals surface area contributed by atoms with Crippen molar-refractivity contribution in [2.45, 2.75) is 26.3 Å². The second kappa shape index (κ2) is 7.46. The van der Waals surface area contributed by atoms with Gasteiger partial charge in [0.2, 0.25) is 0 Å². The first-order valence-electron chi connectivity index (χ1n) is 8.45. The number of aryl methyl sites for hydroxylation is 1. The largest absolute Gasteiger partial charge is 0.369 e. The van der Waals surface area contributed by atoms with Gasteiger partial charge in [0, 0.05) is 38.4 Å². The number of benzene rings is 2. The fourth-order valence-electron chi connectivity index (χ4n) is 3.17. The summed E-state index contributed by atoms with van der Waals surface area (Å²) in [6, 6.07) is 19.9. The highest BCUT2D eigenvalue weighted by atomic mass is 15.3. The molecule has 0 N–H and O–H groups in total. The predicted molar refractivity (Wildman–Crippen MR) is 94.4 cm³/mol. The Kier molecular flexibility index (Phi) is 5.12. The van der Waals surface area contributed by atoms with E-state index in [0.717, 1.165) is 32.7 Å². The zero-order valence-electron chi connectivity index (χ0n) is 13.5. The third-order valence-electron chi connectivity index (χ3n) is 4.46. The van der Waals surface area contributed by atoms with Gasteiger partial charge in [-0.1, -0.05) is 55.8 Å². The molecule has 0 bridgehead atoms. The van der Waals surface area contributed by atoms with Crippen LogP contribution in [0, 0.1) is 0 Å². The van der Waals surface area contributed by atoms with Crippen molar-refractivity contribution in [3.63, 3.8) is 0 Å². The molecule has 0 saturated carbocycles. The highest BCUT2D eigenvalue weighted by molar-refractivity contribution is 5.48. The molecule has 2 aromatic carbocycles. The van der Waals surface area contributed by atoms with E-state index in [-0.39, 0.29) is 0 Å². The minimum Gasteiger partial charge on any atom is -0.369 e. The maximum Gasteiger partial charge on any atom is 0.0367 e. The zero-order chi connectivity index (χ0) is 15.2. The molecule has 2 nitrogen and oxygen atoms in total. The van der Waals surface area contributed by atoms with Crippen molar-refractivity contribution in [2.24, 2.45) is 0 Å². The Bertz CT molecular complexity index is 554. The van der Waals surface area contributed by atoms with Crippen LogP contribution in [0.2, 0.25) is 0 Å². The molecule has 1 fully saturated rings. The number of piperazine rings is 1. The second-order valence-corrected chi connectivity index (χ2v) is 6.17. The van der Waals surface area contributed by atoms with Crippen LogP contribution in [0.25, 0.3) is 0 Å². The van der Waals surface area contributed by atoms with Gasteiger partial charge in [-0.3, -0.25) is 4.90 Å². The minimum atomic E-state index is 1.07. The molecule has 0 amide bonds. The summed E-state index contributed by atoms with van der Waals surface area (Å²) in [4.78, 5) is 5.06. The first-order chi connectivity index (χ1) is 10.8. The molecule has 0 aromatic heterocycles. The van der Waals surface area contributed by atoms with Gasteiger partial charge in [-0.15, -0.1) is 0 Å². The Morgan fingerprint density at radius 3 is 2.09 bits per heavy atom. The average Bonchev–Trinajstić information content (AvgIpc) is 2.58. The van der Waals surface area contributed by atoms with Gasteiger partial charge in [-0.05, 0) is 29.7 Å². The molecule has 0 atom stereocenters. The standard InChI is InChI=1S/C20H26N2/c1-2-6-18-9-11-20(12-10-18)22-15-13-21(14-16-22)17-19-7-4-3-5-8-19/h3-5,7-12H,2,6,13-17H2,1H3. The smallest absolute Gasteiger partial charge is 0.0367 e. The van der Waals surface area contributed by atoms with E-state index in [1.165, 1.54) is 29.7 Å². The van der Waals surface area contributed by atoms with E-state index in [4.69, 9.17) is 0 Å². The maximum atomic E-state index is 2.55. The lowest BCUT2D eigenvalue weighted by Crippen LogP contribution is -2.45. The third kappa shape index (κ3) is 3.89. The molecule has 22 heavy (non-hydrogen) atoms.